The molecule has 1 amide bonds. The minimum absolute atomic E-state index is 0.139. The Hall–Kier alpha value is -2.71. The van der Waals surface area contributed by atoms with E-state index in [1.807, 2.05) is 55.3 Å². The number of hydrogen-bond donors (Lipinski definition) is 0. The smallest absolute Gasteiger partial charge is 0.228 e. The Balaban J connectivity index is 1.29. The van der Waals surface area contributed by atoms with Crippen LogP contribution < -0.4 is 4.74 Å². The molecule has 31 heavy (non-hydrogen) atoms. The zero-order valence-corrected chi connectivity index (χ0v) is 19.1. The summed E-state index contributed by atoms with van der Waals surface area (Å²) >= 11 is 1.57. The van der Waals surface area contributed by atoms with Gasteiger partial charge in [-0.15, -0.1) is 11.3 Å². The van der Waals surface area contributed by atoms with Crippen LogP contribution >= 0.6 is 11.3 Å². The SMILES string of the molecule is CCOc1ccc(-c2nc(CC(=O)N3CCN(Cc4c(C)noc4C)CC3)cs2)cc1. The fraction of sp³-hybridized carbons (Fsp3) is 0.435. The molecule has 1 saturated heterocycles. The highest BCUT2D eigenvalue weighted by Gasteiger charge is 2.23. The normalized spacial score (nSPS) is 14.7. The Morgan fingerprint density at radius 3 is 2.55 bits per heavy atom. The topological polar surface area (TPSA) is 71.7 Å². The number of aryl methyl sites for hydroxylation is 2. The molecular weight excluding hydrogens is 412 g/mol. The number of benzene rings is 1. The van der Waals surface area contributed by atoms with Crippen LogP contribution in [0.1, 0.15) is 29.6 Å². The number of thiazole rings is 1. The minimum Gasteiger partial charge on any atom is -0.494 e. The summed E-state index contributed by atoms with van der Waals surface area (Å²) in [6.07, 6.45) is 0.345. The van der Waals surface area contributed by atoms with Crippen molar-refractivity contribution in [2.75, 3.05) is 32.8 Å². The van der Waals surface area contributed by atoms with E-state index >= 15 is 0 Å². The second kappa shape index (κ2) is 9.62. The van der Waals surface area contributed by atoms with Crippen molar-refractivity contribution in [3.05, 3.63) is 52.4 Å². The van der Waals surface area contributed by atoms with Crippen molar-refractivity contribution in [2.45, 2.75) is 33.7 Å². The lowest BCUT2D eigenvalue weighted by Crippen LogP contribution is -2.48. The third-order valence-electron chi connectivity index (χ3n) is 5.58. The number of piperazine rings is 1. The van der Waals surface area contributed by atoms with E-state index < -0.39 is 0 Å². The van der Waals surface area contributed by atoms with E-state index in [1.165, 1.54) is 0 Å². The molecule has 1 aliphatic rings. The van der Waals surface area contributed by atoms with Crippen LogP contribution in [-0.2, 0) is 17.8 Å². The molecule has 0 aliphatic carbocycles. The molecule has 8 heteroatoms. The van der Waals surface area contributed by atoms with Gasteiger partial charge >= 0.3 is 0 Å². The molecule has 1 aromatic carbocycles. The van der Waals surface area contributed by atoms with Gasteiger partial charge in [0.2, 0.25) is 5.91 Å². The largest absolute Gasteiger partial charge is 0.494 e. The molecule has 0 N–H and O–H groups in total. The summed E-state index contributed by atoms with van der Waals surface area (Å²) in [4.78, 5) is 21.8. The van der Waals surface area contributed by atoms with E-state index in [0.717, 1.165) is 71.8 Å². The van der Waals surface area contributed by atoms with Gasteiger partial charge in [0.15, 0.2) is 0 Å². The van der Waals surface area contributed by atoms with Crippen molar-refractivity contribution in [3.8, 4) is 16.3 Å². The van der Waals surface area contributed by atoms with Crippen LogP contribution in [0.5, 0.6) is 5.75 Å². The first-order valence-electron chi connectivity index (χ1n) is 10.6. The van der Waals surface area contributed by atoms with Gasteiger partial charge in [-0.05, 0) is 45.0 Å². The van der Waals surface area contributed by atoms with Crippen LogP contribution in [-0.4, -0.2) is 58.6 Å². The van der Waals surface area contributed by atoms with Crippen LogP contribution in [0, 0.1) is 13.8 Å². The number of aromatic nitrogens is 2. The number of nitrogens with zero attached hydrogens (tertiary/aromatic N) is 4. The molecule has 0 atom stereocenters. The molecule has 4 rings (SSSR count). The predicted octanol–water partition coefficient (Wildman–Crippen LogP) is 3.70. The van der Waals surface area contributed by atoms with Gasteiger partial charge in [0.1, 0.15) is 16.5 Å². The van der Waals surface area contributed by atoms with Gasteiger partial charge in [0, 0.05) is 49.2 Å². The van der Waals surface area contributed by atoms with Crippen molar-refractivity contribution in [3.63, 3.8) is 0 Å². The number of ether oxygens (including phenoxy) is 1. The summed E-state index contributed by atoms with van der Waals surface area (Å²) in [5, 5.41) is 6.94. The highest BCUT2D eigenvalue weighted by atomic mass is 32.1. The average molecular weight is 441 g/mol. The fourth-order valence-corrected chi connectivity index (χ4v) is 4.58. The Morgan fingerprint density at radius 2 is 1.90 bits per heavy atom. The number of carbonyl (C=O) groups excluding carboxylic acids is 1. The Morgan fingerprint density at radius 1 is 1.16 bits per heavy atom. The van der Waals surface area contributed by atoms with Crippen LogP contribution in [0.15, 0.2) is 34.2 Å². The fourth-order valence-electron chi connectivity index (χ4n) is 3.75. The van der Waals surface area contributed by atoms with Crippen LogP contribution in [0.3, 0.4) is 0 Å². The molecule has 0 unspecified atom stereocenters. The molecule has 1 aliphatic heterocycles. The molecular formula is C23H28N4O3S. The second-order valence-electron chi connectivity index (χ2n) is 7.74. The van der Waals surface area contributed by atoms with E-state index in [4.69, 9.17) is 9.26 Å². The molecule has 0 saturated carbocycles. The lowest BCUT2D eigenvalue weighted by molar-refractivity contribution is -0.132. The van der Waals surface area contributed by atoms with Gasteiger partial charge in [-0.2, -0.15) is 0 Å². The lowest BCUT2D eigenvalue weighted by Gasteiger charge is -2.34. The average Bonchev–Trinajstić information content (AvgIpc) is 3.37. The second-order valence-corrected chi connectivity index (χ2v) is 8.60. The number of amides is 1. The summed E-state index contributed by atoms with van der Waals surface area (Å²) in [6.45, 7) is 10.5. The zero-order chi connectivity index (χ0) is 21.8. The number of rotatable bonds is 7. The van der Waals surface area contributed by atoms with Gasteiger partial charge in [-0.3, -0.25) is 9.69 Å². The summed E-state index contributed by atoms with van der Waals surface area (Å²) in [7, 11) is 0. The van der Waals surface area contributed by atoms with Crippen LogP contribution in [0.4, 0.5) is 0 Å². The van der Waals surface area contributed by atoms with E-state index in [2.05, 4.69) is 15.0 Å². The van der Waals surface area contributed by atoms with Gasteiger partial charge < -0.3 is 14.2 Å². The first-order valence-corrected chi connectivity index (χ1v) is 11.5. The van der Waals surface area contributed by atoms with Gasteiger partial charge in [0.25, 0.3) is 0 Å². The van der Waals surface area contributed by atoms with Gasteiger partial charge in [-0.25, -0.2) is 4.98 Å². The standard InChI is InChI=1S/C23H28N4O3S/c1-4-29-20-7-5-18(6-8-20)23-24-19(15-31-23)13-22(28)27-11-9-26(10-12-27)14-21-16(2)25-30-17(21)3/h5-8,15H,4,9-14H2,1-3H3. The maximum atomic E-state index is 12.8. The highest BCUT2D eigenvalue weighted by molar-refractivity contribution is 7.13. The third kappa shape index (κ3) is 5.14. The van der Waals surface area contributed by atoms with Crippen molar-refractivity contribution in [2.24, 2.45) is 0 Å². The molecule has 3 aromatic rings. The third-order valence-corrected chi connectivity index (χ3v) is 6.52. The zero-order valence-electron chi connectivity index (χ0n) is 18.3. The lowest BCUT2D eigenvalue weighted by atomic mass is 10.1. The summed E-state index contributed by atoms with van der Waals surface area (Å²) < 4.78 is 10.8. The Kier molecular flexibility index (Phi) is 6.67. The number of hydrogen-bond acceptors (Lipinski definition) is 7. The quantitative estimate of drug-likeness (QED) is 0.558. The summed E-state index contributed by atoms with van der Waals surface area (Å²) in [6, 6.07) is 7.92. The van der Waals surface area contributed by atoms with Crippen LogP contribution in [0.2, 0.25) is 0 Å². The molecule has 164 valence electrons. The molecule has 7 nitrogen and oxygen atoms in total. The van der Waals surface area contributed by atoms with E-state index in [9.17, 15) is 4.79 Å². The van der Waals surface area contributed by atoms with E-state index in [0.29, 0.717) is 13.0 Å². The Labute approximate surface area is 186 Å². The maximum Gasteiger partial charge on any atom is 0.228 e. The van der Waals surface area contributed by atoms with E-state index in [1.54, 1.807) is 11.3 Å². The first-order chi connectivity index (χ1) is 15.0. The van der Waals surface area contributed by atoms with Crippen molar-refractivity contribution in [1.29, 1.82) is 0 Å². The van der Waals surface area contributed by atoms with E-state index in [-0.39, 0.29) is 5.91 Å². The highest BCUT2D eigenvalue weighted by Crippen LogP contribution is 2.26. The minimum atomic E-state index is 0.139. The molecule has 0 spiro atoms. The molecule has 0 radical (unpaired) electrons. The molecule has 2 aromatic heterocycles. The summed E-state index contributed by atoms with van der Waals surface area (Å²) in [5.41, 5.74) is 3.98. The molecule has 0 bridgehead atoms. The van der Waals surface area contributed by atoms with Gasteiger partial charge in [-0.1, -0.05) is 5.16 Å². The van der Waals surface area contributed by atoms with Crippen LogP contribution in [0.25, 0.3) is 10.6 Å². The monoisotopic (exact) mass is 440 g/mol. The summed E-state index contributed by atoms with van der Waals surface area (Å²) in [5.74, 6) is 1.87. The molecule has 1 fully saturated rings. The van der Waals surface area contributed by atoms with Crippen molar-refractivity contribution >= 4 is 17.2 Å². The first kappa shape index (κ1) is 21.5. The van der Waals surface area contributed by atoms with Gasteiger partial charge in [0.05, 0.1) is 24.4 Å². The van der Waals surface area contributed by atoms with Crippen molar-refractivity contribution in [1.82, 2.24) is 19.9 Å². The maximum absolute atomic E-state index is 12.8. The molecule has 3 heterocycles. The predicted molar refractivity (Wildman–Crippen MR) is 120 cm³/mol. The number of carbonyl (C=O) groups is 1. The van der Waals surface area contributed by atoms with Crippen molar-refractivity contribution < 1.29 is 14.1 Å². The Bertz CT molecular complexity index is 1000.